The van der Waals surface area contributed by atoms with Crippen LogP contribution in [0.2, 0.25) is 0 Å². The lowest BCUT2D eigenvalue weighted by molar-refractivity contribution is 0.0357. The molecule has 6 rings (SSSR count). The maximum absolute atomic E-state index is 15.3. The zero-order valence-corrected chi connectivity index (χ0v) is 25.9. The number of carbonyl (C=O) groups excluding carboxylic acids is 1. The van der Waals surface area contributed by atoms with Crippen LogP contribution in [0, 0.1) is 5.82 Å². The minimum absolute atomic E-state index is 0.0686. The number of methoxy groups -OCH3 is 1. The van der Waals surface area contributed by atoms with E-state index in [2.05, 4.69) is 20.2 Å². The fraction of sp³-hybridized carbons (Fsp3) is 0.257. The van der Waals surface area contributed by atoms with Gasteiger partial charge in [-0.05, 0) is 36.2 Å². The number of pyridine rings is 1. The standard InChI is InChI=1S/C35H34FN5O6/c1-44-31-21-26-28(22-32(31)46-17-5-13-40-15-18-45-19-16-40)37-11-10-29(26)47-30-9-8-25(20-27(30)36)39-34(42)33-35(43)41(14-12-38-33)23-24-6-3-2-4-7-24/h2-4,6-12,14,20-22H,5,13,15-19,23H2,1H3,(H,39,42). The minimum Gasteiger partial charge on any atom is -0.493 e. The quantitative estimate of drug-likeness (QED) is 0.185. The zero-order chi connectivity index (χ0) is 32.6. The largest absolute Gasteiger partial charge is 0.493 e. The summed E-state index contributed by atoms with van der Waals surface area (Å²) >= 11 is 0. The molecule has 242 valence electrons. The summed E-state index contributed by atoms with van der Waals surface area (Å²) in [6.07, 6.45) is 5.31. The Labute approximate surface area is 270 Å². The van der Waals surface area contributed by atoms with Crippen molar-refractivity contribution in [2.24, 2.45) is 0 Å². The normalized spacial score (nSPS) is 13.3. The molecule has 2 aromatic heterocycles. The average molecular weight is 640 g/mol. The molecule has 1 aliphatic rings. The summed E-state index contributed by atoms with van der Waals surface area (Å²) in [7, 11) is 1.55. The van der Waals surface area contributed by atoms with Gasteiger partial charge in [0.1, 0.15) is 5.75 Å². The summed E-state index contributed by atoms with van der Waals surface area (Å²) in [5, 5.41) is 3.15. The van der Waals surface area contributed by atoms with Crippen molar-refractivity contribution < 1.29 is 28.1 Å². The fourth-order valence-electron chi connectivity index (χ4n) is 5.26. The molecule has 47 heavy (non-hydrogen) atoms. The van der Waals surface area contributed by atoms with E-state index in [0.717, 1.165) is 50.9 Å². The molecule has 3 aromatic carbocycles. The van der Waals surface area contributed by atoms with Crippen molar-refractivity contribution in [1.82, 2.24) is 19.4 Å². The van der Waals surface area contributed by atoms with Gasteiger partial charge in [0.25, 0.3) is 11.5 Å². The molecule has 12 heteroatoms. The van der Waals surface area contributed by atoms with Crippen LogP contribution in [0.4, 0.5) is 10.1 Å². The van der Waals surface area contributed by atoms with Crippen LogP contribution >= 0.6 is 0 Å². The Morgan fingerprint density at radius 3 is 2.57 bits per heavy atom. The number of morpholine rings is 1. The smallest absolute Gasteiger partial charge is 0.282 e. The highest BCUT2D eigenvalue weighted by molar-refractivity contribution is 6.02. The van der Waals surface area contributed by atoms with Gasteiger partial charge in [-0.1, -0.05) is 30.3 Å². The summed E-state index contributed by atoms with van der Waals surface area (Å²) in [6.45, 7) is 5.06. The van der Waals surface area contributed by atoms with Crippen LogP contribution < -0.4 is 25.1 Å². The number of hydrogen-bond donors (Lipinski definition) is 1. The van der Waals surface area contributed by atoms with E-state index in [-0.39, 0.29) is 23.7 Å². The van der Waals surface area contributed by atoms with Crippen molar-refractivity contribution in [1.29, 1.82) is 0 Å². The third kappa shape index (κ3) is 7.74. The topological polar surface area (TPSA) is 117 Å². The van der Waals surface area contributed by atoms with Crippen LogP contribution in [0.1, 0.15) is 22.5 Å². The number of nitrogens with zero attached hydrogens (tertiary/aromatic N) is 4. The molecule has 0 spiro atoms. The summed E-state index contributed by atoms with van der Waals surface area (Å²) < 4.78 is 39.6. The van der Waals surface area contributed by atoms with Crippen molar-refractivity contribution in [2.75, 3.05) is 51.9 Å². The van der Waals surface area contributed by atoms with Crippen LogP contribution in [-0.4, -0.2) is 71.9 Å². The Bertz CT molecular complexity index is 1910. The van der Waals surface area contributed by atoms with E-state index in [1.807, 2.05) is 30.3 Å². The van der Waals surface area contributed by atoms with Crippen molar-refractivity contribution in [3.63, 3.8) is 0 Å². The number of benzene rings is 3. The van der Waals surface area contributed by atoms with Crippen LogP contribution in [0.15, 0.2) is 90.1 Å². The van der Waals surface area contributed by atoms with Gasteiger partial charge in [0.2, 0.25) is 0 Å². The summed E-state index contributed by atoms with van der Waals surface area (Å²) in [5.74, 6) is -0.134. The van der Waals surface area contributed by atoms with E-state index in [9.17, 15) is 9.59 Å². The Morgan fingerprint density at radius 2 is 1.79 bits per heavy atom. The van der Waals surface area contributed by atoms with Gasteiger partial charge >= 0.3 is 0 Å². The Kier molecular flexibility index (Phi) is 9.99. The number of hydrogen-bond acceptors (Lipinski definition) is 9. The zero-order valence-electron chi connectivity index (χ0n) is 25.9. The number of nitrogens with one attached hydrogen (secondary N) is 1. The SMILES string of the molecule is COc1cc2c(Oc3ccc(NC(=O)c4nccn(Cc5ccccc5)c4=O)cc3F)ccnc2cc1OCCCN1CCOCC1. The molecule has 0 aliphatic carbocycles. The highest BCUT2D eigenvalue weighted by atomic mass is 19.1. The van der Waals surface area contributed by atoms with Gasteiger partial charge in [0.05, 0.1) is 39.0 Å². The van der Waals surface area contributed by atoms with Gasteiger partial charge in [0.15, 0.2) is 28.8 Å². The van der Waals surface area contributed by atoms with Crippen molar-refractivity contribution in [3.8, 4) is 23.0 Å². The van der Waals surface area contributed by atoms with E-state index in [1.165, 1.54) is 29.1 Å². The van der Waals surface area contributed by atoms with Gasteiger partial charge in [-0.2, -0.15) is 0 Å². The maximum atomic E-state index is 15.3. The number of amides is 1. The van der Waals surface area contributed by atoms with Gasteiger partial charge in [-0.3, -0.25) is 19.5 Å². The third-order valence-corrected chi connectivity index (χ3v) is 7.70. The number of rotatable bonds is 12. The predicted molar refractivity (Wildman–Crippen MR) is 174 cm³/mol. The van der Waals surface area contributed by atoms with Gasteiger partial charge in [-0.15, -0.1) is 0 Å². The van der Waals surface area contributed by atoms with E-state index >= 15 is 4.39 Å². The van der Waals surface area contributed by atoms with Gasteiger partial charge in [0, 0.05) is 61.4 Å². The minimum atomic E-state index is -0.753. The number of halogens is 1. The second-order valence-corrected chi connectivity index (χ2v) is 10.9. The van der Waals surface area contributed by atoms with Crippen LogP contribution in [0.25, 0.3) is 10.9 Å². The lowest BCUT2D eigenvalue weighted by atomic mass is 10.1. The number of carbonyl (C=O) groups is 1. The molecule has 1 N–H and O–H groups in total. The second kappa shape index (κ2) is 14.8. The first-order valence-corrected chi connectivity index (χ1v) is 15.3. The highest BCUT2D eigenvalue weighted by Crippen LogP contribution is 2.38. The molecule has 1 amide bonds. The molecule has 0 atom stereocenters. The number of ether oxygens (including phenoxy) is 4. The van der Waals surface area contributed by atoms with Crippen LogP contribution in [0.5, 0.6) is 23.0 Å². The molecule has 0 radical (unpaired) electrons. The number of fused-ring (bicyclic) bond motifs is 1. The van der Waals surface area contributed by atoms with Gasteiger partial charge in [-0.25, -0.2) is 9.37 Å². The van der Waals surface area contributed by atoms with E-state index in [1.54, 1.807) is 31.5 Å². The number of anilines is 1. The molecular formula is C35H34FN5O6. The highest BCUT2D eigenvalue weighted by Gasteiger charge is 2.18. The lowest BCUT2D eigenvalue weighted by Gasteiger charge is -2.26. The molecule has 11 nitrogen and oxygen atoms in total. The first-order chi connectivity index (χ1) is 23.0. The van der Waals surface area contributed by atoms with E-state index < -0.39 is 17.3 Å². The predicted octanol–water partition coefficient (Wildman–Crippen LogP) is 5.13. The second-order valence-electron chi connectivity index (χ2n) is 10.9. The van der Waals surface area contributed by atoms with E-state index in [4.69, 9.17) is 18.9 Å². The Balaban J connectivity index is 1.13. The summed E-state index contributed by atoms with van der Waals surface area (Å²) in [5.41, 5.74) is 0.756. The monoisotopic (exact) mass is 639 g/mol. The van der Waals surface area contributed by atoms with Gasteiger partial charge < -0.3 is 28.8 Å². The summed E-state index contributed by atoms with van der Waals surface area (Å²) in [4.78, 5) is 36.6. The molecule has 0 unspecified atom stereocenters. The summed E-state index contributed by atoms with van der Waals surface area (Å²) in [6, 6.07) is 18.5. The van der Waals surface area contributed by atoms with E-state index in [0.29, 0.717) is 34.8 Å². The van der Waals surface area contributed by atoms with Crippen molar-refractivity contribution in [3.05, 3.63) is 113 Å². The maximum Gasteiger partial charge on any atom is 0.282 e. The van der Waals surface area contributed by atoms with Crippen molar-refractivity contribution in [2.45, 2.75) is 13.0 Å². The first kappa shape index (κ1) is 31.6. The average Bonchev–Trinajstić information content (AvgIpc) is 3.09. The first-order valence-electron chi connectivity index (χ1n) is 15.3. The molecule has 0 saturated carbocycles. The number of aromatic nitrogens is 3. The molecule has 5 aromatic rings. The molecule has 3 heterocycles. The van der Waals surface area contributed by atoms with Crippen LogP contribution in [0.3, 0.4) is 0 Å². The molecule has 1 aliphatic heterocycles. The molecule has 0 bridgehead atoms. The lowest BCUT2D eigenvalue weighted by Crippen LogP contribution is -2.37. The van der Waals surface area contributed by atoms with Crippen LogP contribution in [-0.2, 0) is 11.3 Å². The third-order valence-electron chi connectivity index (χ3n) is 7.70. The molecule has 1 fully saturated rings. The Hall–Kier alpha value is -5.33. The molecule has 1 saturated heterocycles. The van der Waals surface area contributed by atoms with Crippen molar-refractivity contribution >= 4 is 22.5 Å². The Morgan fingerprint density at radius 1 is 0.957 bits per heavy atom. The fourth-order valence-corrected chi connectivity index (χ4v) is 5.26. The molecular weight excluding hydrogens is 605 g/mol.